The van der Waals surface area contributed by atoms with Crippen LogP contribution in [-0.4, -0.2) is 25.1 Å². The number of ether oxygens (including phenoxy) is 1. The van der Waals surface area contributed by atoms with E-state index in [0.717, 1.165) is 27.8 Å². The molecule has 0 aliphatic carbocycles. The monoisotopic (exact) mass is 618 g/mol. The Balaban J connectivity index is 1.65. The van der Waals surface area contributed by atoms with E-state index in [1.807, 2.05) is 77.1 Å². The van der Waals surface area contributed by atoms with Gasteiger partial charge in [0.05, 0.1) is 22.2 Å². The van der Waals surface area contributed by atoms with Crippen molar-refractivity contribution in [1.29, 1.82) is 5.26 Å². The quantitative estimate of drug-likeness (QED) is 0.235. The first-order chi connectivity index (χ1) is 20.1. The predicted octanol–water partition coefficient (Wildman–Crippen LogP) is 7.80. The van der Waals surface area contributed by atoms with Gasteiger partial charge in [-0.05, 0) is 78.1 Å². The summed E-state index contributed by atoms with van der Waals surface area (Å²) in [6, 6.07) is 21.4. The fraction of sp³-hybridized carbons (Fsp3) is 0.353. The Morgan fingerprint density at radius 2 is 1.79 bits per heavy atom. The highest BCUT2D eigenvalue weighted by atomic mass is 32.2. The molecule has 0 saturated carbocycles. The van der Waals surface area contributed by atoms with Crippen molar-refractivity contribution in [3.05, 3.63) is 99.6 Å². The number of esters is 1. The van der Waals surface area contributed by atoms with E-state index in [-0.39, 0.29) is 33.5 Å². The summed E-state index contributed by atoms with van der Waals surface area (Å²) in [6.07, 6.45) is 1.52. The van der Waals surface area contributed by atoms with Gasteiger partial charge in [0.15, 0.2) is 0 Å². The molecule has 3 aromatic carbocycles. The third-order valence-corrected chi connectivity index (χ3v) is 10.3. The van der Waals surface area contributed by atoms with Crippen LogP contribution in [0.15, 0.2) is 87.2 Å². The number of aliphatic hydroxyl groups is 1. The van der Waals surface area contributed by atoms with Gasteiger partial charge < -0.3 is 9.84 Å². The summed E-state index contributed by atoms with van der Waals surface area (Å²) >= 11 is 1.15. The first-order valence-electron chi connectivity index (χ1n) is 14.2. The number of thioether (sulfide) groups is 1. The van der Waals surface area contributed by atoms with Crippen LogP contribution in [0.3, 0.4) is 0 Å². The Morgan fingerprint density at radius 3 is 2.40 bits per heavy atom. The molecule has 2 N–H and O–H groups in total. The van der Waals surface area contributed by atoms with Gasteiger partial charge in [0.25, 0.3) is 10.0 Å². The fourth-order valence-electron chi connectivity index (χ4n) is 5.11. The Kier molecular flexibility index (Phi) is 9.33. The molecule has 0 aromatic heterocycles. The van der Waals surface area contributed by atoms with Gasteiger partial charge in [-0.15, -0.1) is 0 Å². The molecule has 0 fully saturated rings. The first-order valence-corrected chi connectivity index (χ1v) is 16.5. The number of nitrogens with zero attached hydrogens (tertiary/aromatic N) is 1. The predicted molar refractivity (Wildman–Crippen MR) is 170 cm³/mol. The average molecular weight is 619 g/mol. The molecular formula is C34H38N2O5S2. The van der Waals surface area contributed by atoms with Gasteiger partial charge in [-0.2, -0.15) is 5.26 Å². The average Bonchev–Trinajstić information content (AvgIpc) is 2.95. The van der Waals surface area contributed by atoms with Crippen LogP contribution in [0, 0.1) is 24.2 Å². The molecule has 226 valence electrons. The zero-order valence-electron chi connectivity index (χ0n) is 25.4. The van der Waals surface area contributed by atoms with Crippen LogP contribution in [0.5, 0.6) is 0 Å². The number of carbonyl (C=O) groups excluding carboxylic acids is 1. The second-order valence-electron chi connectivity index (χ2n) is 12.3. The molecule has 0 spiro atoms. The van der Waals surface area contributed by atoms with Crippen molar-refractivity contribution in [3.8, 4) is 6.07 Å². The standard InChI is InChI=1S/C34H38N2O5S2/c1-22(2)34(16-15-24-11-8-7-9-12-24)20-29(37)31(32(38)41-34)42-30-17-23(3)28(19-27(30)33(4,5)6)36-43(39,40)26-14-10-13-25(18-26)21-35/h7-14,17-19,22,36-37H,15-16,20H2,1-6H3. The molecule has 1 unspecified atom stereocenters. The summed E-state index contributed by atoms with van der Waals surface area (Å²) < 4.78 is 35.2. The van der Waals surface area contributed by atoms with Crippen molar-refractivity contribution in [2.75, 3.05) is 4.72 Å². The Bertz CT molecular complexity index is 1700. The van der Waals surface area contributed by atoms with Crippen LogP contribution in [0.25, 0.3) is 0 Å². The molecule has 9 heteroatoms. The molecule has 7 nitrogen and oxygen atoms in total. The Hall–Kier alpha value is -3.74. The number of nitriles is 1. The van der Waals surface area contributed by atoms with Gasteiger partial charge in [0.1, 0.15) is 16.3 Å². The third kappa shape index (κ3) is 7.26. The minimum atomic E-state index is -3.97. The minimum Gasteiger partial charge on any atom is -0.511 e. The SMILES string of the molecule is Cc1cc(SC2=C(O)CC(CCc3ccccc3)(C(C)C)OC2=O)c(C(C)(C)C)cc1NS(=O)(=O)c1cccc(C#N)c1. The van der Waals surface area contributed by atoms with Crippen molar-refractivity contribution in [2.45, 2.75) is 81.6 Å². The number of rotatable bonds is 9. The number of aliphatic hydroxyl groups excluding tert-OH is 1. The topological polar surface area (TPSA) is 116 Å². The van der Waals surface area contributed by atoms with E-state index in [2.05, 4.69) is 4.72 Å². The Labute approximate surface area is 259 Å². The number of nitrogens with one attached hydrogen (secondary N) is 1. The second kappa shape index (κ2) is 12.5. The molecule has 0 radical (unpaired) electrons. The summed E-state index contributed by atoms with van der Waals surface area (Å²) in [5, 5.41) is 20.5. The second-order valence-corrected chi connectivity index (χ2v) is 15.0. The van der Waals surface area contributed by atoms with Crippen molar-refractivity contribution < 1.29 is 23.1 Å². The minimum absolute atomic E-state index is 0.00248. The van der Waals surface area contributed by atoms with Gasteiger partial charge in [-0.1, -0.05) is 82.8 Å². The van der Waals surface area contributed by atoms with Crippen molar-refractivity contribution in [1.82, 2.24) is 0 Å². The van der Waals surface area contributed by atoms with E-state index in [1.165, 1.54) is 18.2 Å². The highest BCUT2D eigenvalue weighted by molar-refractivity contribution is 8.04. The van der Waals surface area contributed by atoms with Crippen LogP contribution in [0.4, 0.5) is 5.69 Å². The molecular weight excluding hydrogens is 581 g/mol. The smallest absolute Gasteiger partial charge is 0.349 e. The molecule has 0 amide bonds. The third-order valence-electron chi connectivity index (χ3n) is 7.81. The van der Waals surface area contributed by atoms with Crippen LogP contribution in [0.2, 0.25) is 0 Å². The number of carbonyl (C=O) groups is 1. The number of hydrogen-bond acceptors (Lipinski definition) is 7. The van der Waals surface area contributed by atoms with Crippen LogP contribution in [0.1, 0.15) is 69.7 Å². The van der Waals surface area contributed by atoms with Gasteiger partial charge in [0.2, 0.25) is 0 Å². The number of benzene rings is 3. The van der Waals surface area contributed by atoms with Crippen molar-refractivity contribution in [2.24, 2.45) is 5.92 Å². The zero-order valence-corrected chi connectivity index (χ0v) is 27.0. The number of cyclic esters (lactones) is 1. The lowest BCUT2D eigenvalue weighted by molar-refractivity contribution is -0.164. The molecule has 1 aliphatic heterocycles. The van der Waals surface area contributed by atoms with E-state index < -0.39 is 27.0 Å². The summed E-state index contributed by atoms with van der Waals surface area (Å²) in [4.78, 5) is 14.3. The number of sulfonamides is 1. The van der Waals surface area contributed by atoms with Crippen LogP contribution in [-0.2, 0) is 31.4 Å². The largest absolute Gasteiger partial charge is 0.511 e. The lowest BCUT2D eigenvalue weighted by Crippen LogP contribution is -2.44. The van der Waals surface area contributed by atoms with Gasteiger partial charge in [-0.25, -0.2) is 13.2 Å². The number of anilines is 1. The van der Waals surface area contributed by atoms with Crippen molar-refractivity contribution >= 4 is 33.4 Å². The van der Waals surface area contributed by atoms with Gasteiger partial charge >= 0.3 is 5.97 Å². The maximum atomic E-state index is 13.5. The van der Waals surface area contributed by atoms with Crippen molar-refractivity contribution in [3.63, 3.8) is 0 Å². The summed E-state index contributed by atoms with van der Waals surface area (Å²) in [5.41, 5.74) is 1.96. The summed E-state index contributed by atoms with van der Waals surface area (Å²) in [7, 11) is -3.97. The summed E-state index contributed by atoms with van der Waals surface area (Å²) in [6.45, 7) is 11.8. The van der Waals surface area contributed by atoms with E-state index in [4.69, 9.17) is 4.74 Å². The van der Waals surface area contributed by atoms with E-state index in [1.54, 1.807) is 19.1 Å². The highest BCUT2D eigenvalue weighted by Gasteiger charge is 2.44. The normalized spacial score (nSPS) is 17.5. The van der Waals surface area contributed by atoms with E-state index >= 15 is 0 Å². The van der Waals surface area contributed by atoms with Gasteiger partial charge in [0, 0.05) is 11.3 Å². The molecule has 1 aliphatic rings. The fourth-order valence-corrected chi connectivity index (χ4v) is 7.52. The zero-order chi connectivity index (χ0) is 31.6. The maximum Gasteiger partial charge on any atom is 0.349 e. The van der Waals surface area contributed by atoms with Crippen LogP contribution < -0.4 is 4.72 Å². The molecule has 1 heterocycles. The van der Waals surface area contributed by atoms with Crippen LogP contribution >= 0.6 is 11.8 Å². The maximum absolute atomic E-state index is 13.5. The van der Waals surface area contributed by atoms with E-state index in [0.29, 0.717) is 24.1 Å². The lowest BCUT2D eigenvalue weighted by atomic mass is 9.80. The number of aryl methyl sites for hydroxylation is 2. The highest BCUT2D eigenvalue weighted by Crippen LogP contribution is 2.46. The molecule has 0 saturated heterocycles. The lowest BCUT2D eigenvalue weighted by Gasteiger charge is -2.40. The first kappa shape index (κ1) is 32.2. The van der Waals surface area contributed by atoms with Gasteiger partial charge in [-0.3, -0.25) is 4.72 Å². The van der Waals surface area contributed by atoms with E-state index in [9.17, 15) is 23.6 Å². The molecule has 1 atom stereocenters. The molecule has 4 rings (SSSR count). The summed E-state index contributed by atoms with van der Waals surface area (Å²) in [5.74, 6) is -0.569. The molecule has 0 bridgehead atoms. The molecule has 43 heavy (non-hydrogen) atoms. The molecule has 3 aromatic rings. The number of hydrogen-bond donors (Lipinski definition) is 2. The Morgan fingerprint density at radius 1 is 1.09 bits per heavy atom.